The highest BCUT2D eigenvalue weighted by Gasteiger charge is 2.46. The molecular formula is C14H18Cl2FNO. The van der Waals surface area contributed by atoms with E-state index in [-0.39, 0.29) is 34.9 Å². The lowest BCUT2D eigenvalue weighted by atomic mass is 9.73. The first-order chi connectivity index (χ1) is 8.74. The lowest BCUT2D eigenvalue weighted by Crippen LogP contribution is -2.59. The summed E-state index contributed by atoms with van der Waals surface area (Å²) in [6.45, 7) is 1.52. The minimum absolute atomic E-state index is 0. The molecule has 1 aromatic rings. The van der Waals surface area contributed by atoms with Crippen LogP contribution in [0.4, 0.5) is 4.39 Å². The number of rotatable bonds is 1. The van der Waals surface area contributed by atoms with E-state index in [1.807, 2.05) is 6.07 Å². The molecule has 2 aliphatic rings. The third-order valence-corrected chi connectivity index (χ3v) is 4.51. The van der Waals surface area contributed by atoms with Crippen molar-refractivity contribution < 1.29 is 9.13 Å². The van der Waals surface area contributed by atoms with Crippen molar-refractivity contribution in [1.29, 1.82) is 0 Å². The van der Waals surface area contributed by atoms with Crippen LogP contribution in [0.2, 0.25) is 5.02 Å². The minimum atomic E-state index is -0.347. The molecule has 3 rings (SSSR count). The van der Waals surface area contributed by atoms with E-state index < -0.39 is 0 Å². The van der Waals surface area contributed by atoms with Crippen molar-refractivity contribution in [2.24, 2.45) is 0 Å². The van der Waals surface area contributed by atoms with Crippen molar-refractivity contribution in [1.82, 2.24) is 5.32 Å². The zero-order valence-corrected chi connectivity index (χ0v) is 12.2. The molecule has 1 aliphatic carbocycles. The lowest BCUT2D eigenvalue weighted by Gasteiger charge is -2.48. The monoisotopic (exact) mass is 305 g/mol. The first kappa shape index (κ1) is 15.0. The summed E-state index contributed by atoms with van der Waals surface area (Å²) < 4.78 is 19.6. The van der Waals surface area contributed by atoms with Crippen LogP contribution >= 0.6 is 24.0 Å². The maximum Gasteiger partial charge on any atom is 0.142 e. The topological polar surface area (TPSA) is 21.3 Å². The van der Waals surface area contributed by atoms with Crippen molar-refractivity contribution in [3.63, 3.8) is 0 Å². The summed E-state index contributed by atoms with van der Waals surface area (Å²) in [6.07, 6.45) is 4.38. The maximum atomic E-state index is 13.7. The summed E-state index contributed by atoms with van der Waals surface area (Å²) in [7, 11) is 0. The largest absolute Gasteiger partial charge is 0.375 e. The van der Waals surface area contributed by atoms with Crippen molar-refractivity contribution >= 4 is 24.0 Å². The molecule has 2 fully saturated rings. The molecule has 0 bridgehead atoms. The average Bonchev–Trinajstić information content (AvgIpc) is 2.41. The van der Waals surface area contributed by atoms with Crippen molar-refractivity contribution in [3.8, 4) is 0 Å². The van der Waals surface area contributed by atoms with E-state index in [1.165, 1.54) is 12.5 Å². The fourth-order valence-corrected chi connectivity index (χ4v) is 3.59. The Kier molecular flexibility index (Phi) is 4.72. The molecule has 0 aromatic heterocycles. The number of hydrogen-bond donors (Lipinski definition) is 1. The number of ether oxygens (including phenoxy) is 1. The van der Waals surface area contributed by atoms with Gasteiger partial charge >= 0.3 is 0 Å². The number of fused-ring (bicyclic) bond motifs is 1. The number of nitrogens with one attached hydrogen (secondary N) is 1. The Bertz CT molecular complexity index is 443. The van der Waals surface area contributed by atoms with Crippen molar-refractivity contribution in [2.75, 3.05) is 13.2 Å². The number of hydrogen-bond acceptors (Lipinski definition) is 2. The van der Waals surface area contributed by atoms with Gasteiger partial charge in [-0.1, -0.05) is 36.6 Å². The van der Waals surface area contributed by atoms with Crippen molar-refractivity contribution in [2.45, 2.75) is 37.3 Å². The van der Waals surface area contributed by atoms with Gasteiger partial charge in [0.2, 0.25) is 0 Å². The lowest BCUT2D eigenvalue weighted by molar-refractivity contribution is -0.0756. The zero-order chi connectivity index (χ0) is 12.6. The average molecular weight is 306 g/mol. The molecule has 2 nitrogen and oxygen atoms in total. The predicted molar refractivity (Wildman–Crippen MR) is 76.5 cm³/mol. The Hall–Kier alpha value is -0.350. The van der Waals surface area contributed by atoms with Crippen LogP contribution in [0.1, 0.15) is 31.2 Å². The van der Waals surface area contributed by atoms with Gasteiger partial charge in [0.25, 0.3) is 0 Å². The molecule has 2 atom stereocenters. The van der Waals surface area contributed by atoms with Crippen LogP contribution in [0.3, 0.4) is 0 Å². The summed E-state index contributed by atoms with van der Waals surface area (Å²) in [5, 5.41) is 3.78. The van der Waals surface area contributed by atoms with Gasteiger partial charge in [-0.2, -0.15) is 0 Å². The Morgan fingerprint density at radius 3 is 3.05 bits per heavy atom. The molecule has 2 unspecified atom stereocenters. The van der Waals surface area contributed by atoms with Crippen LogP contribution in [-0.2, 0) is 10.3 Å². The van der Waals surface area contributed by atoms with Crippen LogP contribution in [0.25, 0.3) is 0 Å². The van der Waals surface area contributed by atoms with E-state index in [0.717, 1.165) is 38.0 Å². The van der Waals surface area contributed by atoms with Gasteiger partial charge in [-0.05, 0) is 24.5 Å². The number of halogens is 3. The van der Waals surface area contributed by atoms with Gasteiger partial charge in [0.1, 0.15) is 5.82 Å². The Labute approximate surface area is 124 Å². The molecule has 1 saturated carbocycles. The fraction of sp³-hybridized carbons (Fsp3) is 0.571. The van der Waals surface area contributed by atoms with Crippen LogP contribution in [0.5, 0.6) is 0 Å². The summed E-state index contributed by atoms with van der Waals surface area (Å²) in [6, 6.07) is 5.06. The molecule has 1 aliphatic heterocycles. The van der Waals surface area contributed by atoms with Crippen LogP contribution in [0.15, 0.2) is 18.2 Å². The minimum Gasteiger partial charge on any atom is -0.375 e. The molecule has 5 heteroatoms. The zero-order valence-electron chi connectivity index (χ0n) is 10.6. The van der Waals surface area contributed by atoms with E-state index >= 15 is 0 Å². The Morgan fingerprint density at radius 2 is 2.21 bits per heavy atom. The first-order valence-electron chi connectivity index (χ1n) is 6.55. The SMILES string of the molecule is Cl.Fc1cccc(C23CCCCC2OCCN3)c1Cl. The Morgan fingerprint density at radius 1 is 1.37 bits per heavy atom. The molecular weight excluding hydrogens is 288 g/mol. The number of morpholine rings is 1. The summed E-state index contributed by atoms with van der Waals surface area (Å²) in [4.78, 5) is 0. The second-order valence-electron chi connectivity index (χ2n) is 5.10. The van der Waals surface area contributed by atoms with Crippen LogP contribution < -0.4 is 5.32 Å². The molecule has 0 amide bonds. The van der Waals surface area contributed by atoms with Gasteiger partial charge in [0.05, 0.1) is 23.3 Å². The summed E-state index contributed by atoms with van der Waals surface area (Å²) >= 11 is 6.17. The van der Waals surface area contributed by atoms with Gasteiger partial charge in [-0.3, -0.25) is 0 Å². The predicted octanol–water partition coefficient (Wildman–Crippen LogP) is 3.66. The smallest absolute Gasteiger partial charge is 0.142 e. The van der Waals surface area contributed by atoms with Crippen LogP contribution in [-0.4, -0.2) is 19.3 Å². The number of benzene rings is 1. The molecule has 19 heavy (non-hydrogen) atoms. The van der Waals surface area contributed by atoms with E-state index in [1.54, 1.807) is 6.07 Å². The standard InChI is InChI=1S/C14H17ClFNO.ClH/c15-13-10(4-3-5-11(13)16)14-7-2-1-6-12(14)18-9-8-17-14;/h3-5,12,17H,1-2,6-9H2;1H. The molecule has 1 saturated heterocycles. The highest BCUT2D eigenvalue weighted by atomic mass is 35.5. The van der Waals surface area contributed by atoms with Gasteiger partial charge in [0.15, 0.2) is 0 Å². The van der Waals surface area contributed by atoms with Gasteiger partial charge < -0.3 is 10.1 Å². The summed E-state index contributed by atoms with van der Waals surface area (Å²) in [5.74, 6) is -0.347. The normalized spacial score (nSPS) is 30.3. The molecule has 106 valence electrons. The van der Waals surface area contributed by atoms with Crippen LogP contribution in [0, 0.1) is 5.82 Å². The third kappa shape index (κ3) is 2.49. The highest BCUT2D eigenvalue weighted by Crippen LogP contribution is 2.43. The third-order valence-electron chi connectivity index (χ3n) is 4.13. The van der Waals surface area contributed by atoms with E-state index in [4.69, 9.17) is 16.3 Å². The maximum absolute atomic E-state index is 13.7. The second kappa shape index (κ2) is 5.96. The molecule has 0 radical (unpaired) electrons. The first-order valence-corrected chi connectivity index (χ1v) is 6.93. The van der Waals surface area contributed by atoms with E-state index in [0.29, 0.717) is 0 Å². The van der Waals surface area contributed by atoms with E-state index in [9.17, 15) is 4.39 Å². The quantitative estimate of drug-likeness (QED) is 0.855. The summed E-state index contributed by atoms with van der Waals surface area (Å²) in [5.41, 5.74) is 0.559. The molecule has 0 spiro atoms. The second-order valence-corrected chi connectivity index (χ2v) is 5.48. The van der Waals surface area contributed by atoms with Gasteiger partial charge in [-0.25, -0.2) is 4.39 Å². The van der Waals surface area contributed by atoms with E-state index in [2.05, 4.69) is 5.32 Å². The van der Waals surface area contributed by atoms with Crippen molar-refractivity contribution in [3.05, 3.63) is 34.6 Å². The highest BCUT2D eigenvalue weighted by molar-refractivity contribution is 6.31. The van der Waals surface area contributed by atoms with Gasteiger partial charge in [-0.15, -0.1) is 12.4 Å². The molecule has 1 heterocycles. The fourth-order valence-electron chi connectivity index (χ4n) is 3.30. The molecule has 1 N–H and O–H groups in total. The molecule has 1 aromatic carbocycles. The Balaban J connectivity index is 0.00000133. The van der Waals surface area contributed by atoms with Gasteiger partial charge in [0, 0.05) is 6.54 Å².